The van der Waals surface area contributed by atoms with Crippen molar-refractivity contribution in [1.29, 1.82) is 0 Å². The molecule has 4 rings (SSSR count). The molecule has 0 saturated carbocycles. The van der Waals surface area contributed by atoms with Crippen molar-refractivity contribution in [2.24, 2.45) is 7.05 Å². The Morgan fingerprint density at radius 3 is 3.04 bits per heavy atom. The van der Waals surface area contributed by atoms with Gasteiger partial charge in [0.05, 0.1) is 25.4 Å². The highest BCUT2D eigenvalue weighted by atomic mass is 16.5. The number of carbonyl (C=O) groups is 1. The summed E-state index contributed by atoms with van der Waals surface area (Å²) in [6.45, 7) is 1.79. The average molecular weight is 350 g/mol. The first-order valence-electron chi connectivity index (χ1n) is 8.74. The zero-order chi connectivity index (χ0) is 18.1. The Morgan fingerprint density at radius 1 is 1.31 bits per heavy atom. The number of nitrogens with zero attached hydrogens (tertiary/aromatic N) is 3. The van der Waals surface area contributed by atoms with Crippen LogP contribution in [-0.4, -0.2) is 34.4 Å². The van der Waals surface area contributed by atoms with Crippen LogP contribution >= 0.6 is 0 Å². The Balaban J connectivity index is 1.44. The van der Waals surface area contributed by atoms with Gasteiger partial charge in [-0.1, -0.05) is 24.3 Å². The summed E-state index contributed by atoms with van der Waals surface area (Å²) in [7, 11) is 3.59. The molecule has 6 heteroatoms. The molecule has 0 unspecified atom stereocenters. The maximum absolute atomic E-state index is 12.6. The minimum Gasteiger partial charge on any atom is -0.496 e. The lowest BCUT2D eigenvalue weighted by atomic mass is 9.99. The van der Waals surface area contributed by atoms with Gasteiger partial charge in [-0.2, -0.15) is 5.10 Å². The fourth-order valence-corrected chi connectivity index (χ4v) is 3.50. The molecule has 134 valence electrons. The summed E-state index contributed by atoms with van der Waals surface area (Å²) in [6.07, 6.45) is 2.69. The molecule has 0 atom stereocenters. The van der Waals surface area contributed by atoms with Crippen molar-refractivity contribution in [1.82, 2.24) is 20.0 Å². The van der Waals surface area contributed by atoms with E-state index in [-0.39, 0.29) is 6.03 Å². The number of carbonyl (C=O) groups excluding carboxylic acids is 1. The normalized spacial score (nSPS) is 13.5. The van der Waals surface area contributed by atoms with Crippen LogP contribution in [0.15, 0.2) is 42.6 Å². The molecule has 1 N–H and O–H groups in total. The zero-order valence-corrected chi connectivity index (χ0v) is 15.0. The number of hydrogen-bond acceptors (Lipinski definition) is 3. The Kier molecular flexibility index (Phi) is 4.24. The predicted octanol–water partition coefficient (Wildman–Crippen LogP) is 2.85. The van der Waals surface area contributed by atoms with Crippen LogP contribution in [0.4, 0.5) is 4.79 Å². The summed E-state index contributed by atoms with van der Waals surface area (Å²) in [5.74, 6) is 0.849. The van der Waals surface area contributed by atoms with Crippen LogP contribution in [-0.2, 0) is 26.6 Å². The number of rotatable bonds is 3. The molecular weight excluding hydrogens is 328 g/mol. The third-order valence-electron chi connectivity index (χ3n) is 4.99. The van der Waals surface area contributed by atoms with Crippen LogP contribution in [0.1, 0.15) is 16.7 Å². The lowest BCUT2D eigenvalue weighted by Gasteiger charge is -2.30. The van der Waals surface area contributed by atoms with Gasteiger partial charge < -0.3 is 15.0 Å². The maximum atomic E-state index is 12.6. The molecule has 2 heterocycles. The summed E-state index contributed by atoms with van der Waals surface area (Å²) in [6, 6.07) is 12.1. The predicted molar refractivity (Wildman–Crippen MR) is 100 cm³/mol. The van der Waals surface area contributed by atoms with Gasteiger partial charge in [-0.15, -0.1) is 0 Å². The molecule has 6 nitrogen and oxygen atoms in total. The highest BCUT2D eigenvalue weighted by molar-refractivity contribution is 5.79. The van der Waals surface area contributed by atoms with E-state index >= 15 is 0 Å². The standard InChI is InChI=1S/C20H22N4O2/c1-23-18-10-14(6-7-16(18)12-22-23)11-21-20(25)24-9-8-15-4-3-5-19(26-2)17(15)13-24/h3-7,10,12H,8-9,11,13H2,1-2H3,(H,21,25). The minimum atomic E-state index is -0.0494. The lowest BCUT2D eigenvalue weighted by molar-refractivity contribution is 0.191. The second kappa shape index (κ2) is 6.71. The summed E-state index contributed by atoms with van der Waals surface area (Å²) in [4.78, 5) is 14.5. The van der Waals surface area contributed by atoms with E-state index in [9.17, 15) is 4.79 Å². The van der Waals surface area contributed by atoms with Crippen LogP contribution < -0.4 is 10.1 Å². The molecular formula is C20H22N4O2. The van der Waals surface area contributed by atoms with Gasteiger partial charge in [0.2, 0.25) is 0 Å². The monoisotopic (exact) mass is 350 g/mol. The van der Waals surface area contributed by atoms with E-state index in [2.05, 4.69) is 22.5 Å². The minimum absolute atomic E-state index is 0.0494. The molecule has 0 bridgehead atoms. The zero-order valence-electron chi connectivity index (χ0n) is 15.0. The number of ether oxygens (including phenoxy) is 1. The third kappa shape index (κ3) is 2.98. The van der Waals surface area contributed by atoms with Gasteiger partial charge in [-0.25, -0.2) is 4.79 Å². The van der Waals surface area contributed by atoms with Crippen molar-refractivity contribution in [3.05, 3.63) is 59.3 Å². The summed E-state index contributed by atoms with van der Waals surface area (Å²) < 4.78 is 7.29. The van der Waals surface area contributed by atoms with Crippen molar-refractivity contribution in [3.63, 3.8) is 0 Å². The molecule has 0 fully saturated rings. The smallest absolute Gasteiger partial charge is 0.317 e. The number of fused-ring (bicyclic) bond motifs is 2. The van der Waals surface area contributed by atoms with Crippen LogP contribution in [0.3, 0.4) is 0 Å². The summed E-state index contributed by atoms with van der Waals surface area (Å²) >= 11 is 0. The van der Waals surface area contributed by atoms with Crippen LogP contribution in [0, 0.1) is 0 Å². The quantitative estimate of drug-likeness (QED) is 0.790. The topological polar surface area (TPSA) is 59.4 Å². The summed E-state index contributed by atoms with van der Waals surface area (Å²) in [5.41, 5.74) is 4.49. The summed E-state index contributed by atoms with van der Waals surface area (Å²) in [5, 5.41) is 8.38. The molecule has 3 aromatic rings. The molecule has 0 spiro atoms. The van der Waals surface area contributed by atoms with E-state index in [1.807, 2.05) is 47.1 Å². The highest BCUT2D eigenvalue weighted by Gasteiger charge is 2.22. The van der Waals surface area contributed by atoms with Crippen molar-refractivity contribution in [3.8, 4) is 5.75 Å². The second-order valence-corrected chi connectivity index (χ2v) is 6.59. The van der Waals surface area contributed by atoms with Crippen molar-refractivity contribution >= 4 is 16.9 Å². The number of amides is 2. The first kappa shape index (κ1) is 16.4. The molecule has 1 aromatic heterocycles. The van der Waals surface area contributed by atoms with Gasteiger partial charge in [-0.3, -0.25) is 4.68 Å². The Hall–Kier alpha value is -3.02. The fraction of sp³-hybridized carbons (Fsp3) is 0.300. The number of urea groups is 1. The largest absolute Gasteiger partial charge is 0.496 e. The van der Waals surface area contributed by atoms with Crippen molar-refractivity contribution in [2.75, 3.05) is 13.7 Å². The number of methoxy groups -OCH3 is 1. The second-order valence-electron chi connectivity index (χ2n) is 6.59. The van der Waals surface area contributed by atoms with Gasteiger partial charge in [0.15, 0.2) is 0 Å². The van der Waals surface area contributed by atoms with E-state index in [4.69, 9.17) is 4.74 Å². The van der Waals surface area contributed by atoms with Gasteiger partial charge >= 0.3 is 6.03 Å². The number of nitrogens with one attached hydrogen (secondary N) is 1. The van der Waals surface area contributed by atoms with E-state index in [0.29, 0.717) is 19.6 Å². The maximum Gasteiger partial charge on any atom is 0.317 e. The third-order valence-corrected chi connectivity index (χ3v) is 4.99. The van der Waals surface area contributed by atoms with E-state index in [0.717, 1.165) is 34.2 Å². The SMILES string of the molecule is COc1cccc2c1CN(C(=O)NCc1ccc3cnn(C)c3c1)CC2. The van der Waals surface area contributed by atoms with Gasteiger partial charge in [0, 0.05) is 31.1 Å². The average Bonchev–Trinajstić information content (AvgIpc) is 3.05. The Labute approximate surface area is 152 Å². The molecule has 26 heavy (non-hydrogen) atoms. The van der Waals surface area contributed by atoms with E-state index in [1.165, 1.54) is 5.56 Å². The molecule has 1 aliphatic rings. The van der Waals surface area contributed by atoms with Crippen LogP contribution in [0.5, 0.6) is 5.75 Å². The van der Waals surface area contributed by atoms with Gasteiger partial charge in [0.25, 0.3) is 0 Å². The number of aromatic nitrogens is 2. The highest BCUT2D eigenvalue weighted by Crippen LogP contribution is 2.27. The molecule has 0 saturated heterocycles. The molecule has 0 radical (unpaired) electrons. The lowest BCUT2D eigenvalue weighted by Crippen LogP contribution is -2.42. The van der Waals surface area contributed by atoms with Crippen LogP contribution in [0.2, 0.25) is 0 Å². The van der Waals surface area contributed by atoms with E-state index < -0.39 is 0 Å². The first-order chi connectivity index (χ1) is 12.7. The first-order valence-corrected chi connectivity index (χ1v) is 8.74. The Bertz CT molecular complexity index is 949. The van der Waals surface area contributed by atoms with Crippen molar-refractivity contribution < 1.29 is 9.53 Å². The molecule has 0 aliphatic carbocycles. The number of aryl methyl sites for hydroxylation is 1. The number of benzene rings is 2. The fourth-order valence-electron chi connectivity index (χ4n) is 3.50. The molecule has 2 amide bonds. The van der Waals surface area contributed by atoms with E-state index in [1.54, 1.807) is 7.11 Å². The van der Waals surface area contributed by atoms with Crippen LogP contribution in [0.25, 0.3) is 10.9 Å². The molecule has 2 aromatic carbocycles. The molecule has 1 aliphatic heterocycles. The van der Waals surface area contributed by atoms with Gasteiger partial charge in [-0.05, 0) is 29.7 Å². The van der Waals surface area contributed by atoms with Gasteiger partial charge in [0.1, 0.15) is 5.75 Å². The van der Waals surface area contributed by atoms with Crippen molar-refractivity contribution in [2.45, 2.75) is 19.5 Å². The Morgan fingerprint density at radius 2 is 2.19 bits per heavy atom. The number of hydrogen-bond donors (Lipinski definition) is 1.